The molecule has 0 radical (unpaired) electrons. The third kappa shape index (κ3) is 1.57. The number of nitrogens with one attached hydrogen (secondary N) is 2. The number of hydrogen-bond acceptors (Lipinski definition) is 1. The fourth-order valence-corrected chi connectivity index (χ4v) is 2.24. The Bertz CT molecular complexity index is 711. The number of nitrogen functional groups attached to an aromatic ring is 1. The number of hydrogen-bond donors (Lipinski definition) is 3. The van der Waals surface area contributed by atoms with Gasteiger partial charge in [0.2, 0.25) is 0 Å². The molecule has 0 aliphatic carbocycles. The lowest BCUT2D eigenvalue weighted by Crippen LogP contribution is -2.11. The van der Waals surface area contributed by atoms with Crippen molar-refractivity contribution in [1.29, 1.82) is 5.41 Å². The summed E-state index contributed by atoms with van der Waals surface area (Å²) in [5, 5.41) is 8.77. The van der Waals surface area contributed by atoms with E-state index in [-0.39, 0.29) is 5.84 Å². The Balaban J connectivity index is 2.36. The highest BCUT2D eigenvalue weighted by Gasteiger charge is 2.14. The van der Waals surface area contributed by atoms with E-state index in [1.54, 1.807) is 0 Å². The van der Waals surface area contributed by atoms with Gasteiger partial charge in [-0.2, -0.15) is 0 Å². The molecule has 0 saturated heterocycles. The molecule has 3 nitrogen and oxygen atoms in total. The minimum Gasteiger partial charge on any atom is -0.384 e. The highest BCUT2D eigenvalue weighted by atomic mass is 14.8. The van der Waals surface area contributed by atoms with Gasteiger partial charge >= 0.3 is 0 Å². The van der Waals surface area contributed by atoms with Crippen LogP contribution in [0.5, 0.6) is 0 Å². The second-order valence-corrected chi connectivity index (χ2v) is 4.20. The molecule has 0 saturated carbocycles. The maximum Gasteiger partial charge on any atom is 0.125 e. The molecular weight excluding hydrogens is 222 g/mol. The van der Waals surface area contributed by atoms with E-state index in [1.807, 2.05) is 54.6 Å². The summed E-state index contributed by atoms with van der Waals surface area (Å²) in [7, 11) is 0. The Kier molecular flexibility index (Phi) is 2.38. The lowest BCUT2D eigenvalue weighted by molar-refractivity contribution is 1.40. The molecule has 0 aliphatic rings. The van der Waals surface area contributed by atoms with E-state index in [1.165, 1.54) is 0 Å². The first-order valence-corrected chi connectivity index (χ1v) is 5.78. The molecule has 3 heteroatoms. The van der Waals surface area contributed by atoms with Crippen molar-refractivity contribution in [3.05, 3.63) is 60.2 Å². The summed E-state index contributed by atoms with van der Waals surface area (Å²) in [4.78, 5) is 3.34. The van der Waals surface area contributed by atoms with Crippen LogP contribution >= 0.6 is 0 Å². The molecular formula is C15H13N3. The van der Waals surface area contributed by atoms with E-state index in [2.05, 4.69) is 4.98 Å². The van der Waals surface area contributed by atoms with Crippen LogP contribution in [0.4, 0.5) is 0 Å². The van der Waals surface area contributed by atoms with Gasteiger partial charge < -0.3 is 10.7 Å². The van der Waals surface area contributed by atoms with Crippen LogP contribution in [-0.2, 0) is 0 Å². The molecule has 0 spiro atoms. The van der Waals surface area contributed by atoms with Crippen LogP contribution in [-0.4, -0.2) is 10.8 Å². The maximum atomic E-state index is 7.78. The summed E-state index contributed by atoms with van der Waals surface area (Å²) >= 11 is 0. The van der Waals surface area contributed by atoms with Gasteiger partial charge in [-0.3, -0.25) is 5.41 Å². The smallest absolute Gasteiger partial charge is 0.125 e. The maximum absolute atomic E-state index is 7.78. The van der Waals surface area contributed by atoms with Crippen molar-refractivity contribution in [2.75, 3.05) is 0 Å². The minimum absolute atomic E-state index is 0.0892. The Morgan fingerprint density at radius 2 is 1.61 bits per heavy atom. The first-order chi connectivity index (χ1) is 8.77. The first kappa shape index (κ1) is 10.6. The molecule has 18 heavy (non-hydrogen) atoms. The van der Waals surface area contributed by atoms with Crippen LogP contribution in [0.2, 0.25) is 0 Å². The number of H-pyrrole nitrogens is 1. The lowest BCUT2D eigenvalue weighted by atomic mass is 10.0. The third-order valence-electron chi connectivity index (χ3n) is 3.04. The molecule has 2 aromatic carbocycles. The number of amidine groups is 1. The largest absolute Gasteiger partial charge is 0.384 e. The van der Waals surface area contributed by atoms with Gasteiger partial charge in [0.1, 0.15) is 5.84 Å². The van der Waals surface area contributed by atoms with Gasteiger partial charge in [-0.05, 0) is 11.6 Å². The van der Waals surface area contributed by atoms with Crippen molar-refractivity contribution in [3.63, 3.8) is 0 Å². The number of benzene rings is 2. The molecule has 4 N–H and O–H groups in total. The van der Waals surface area contributed by atoms with Gasteiger partial charge in [0.25, 0.3) is 0 Å². The molecule has 88 valence electrons. The molecule has 3 rings (SSSR count). The van der Waals surface area contributed by atoms with E-state index in [4.69, 9.17) is 11.1 Å². The van der Waals surface area contributed by atoms with Crippen LogP contribution in [0.1, 0.15) is 5.56 Å². The zero-order valence-electron chi connectivity index (χ0n) is 9.77. The van der Waals surface area contributed by atoms with Crippen LogP contribution in [0, 0.1) is 5.41 Å². The van der Waals surface area contributed by atoms with Gasteiger partial charge in [0.05, 0.1) is 5.69 Å². The van der Waals surface area contributed by atoms with E-state index in [0.717, 1.165) is 27.7 Å². The second-order valence-electron chi connectivity index (χ2n) is 4.20. The van der Waals surface area contributed by atoms with Crippen LogP contribution in [0.25, 0.3) is 22.2 Å². The monoisotopic (exact) mass is 235 g/mol. The normalized spacial score (nSPS) is 10.7. The quantitative estimate of drug-likeness (QED) is 0.463. The van der Waals surface area contributed by atoms with Crippen LogP contribution in [0.15, 0.2) is 54.6 Å². The minimum atomic E-state index is 0.0892. The summed E-state index contributed by atoms with van der Waals surface area (Å²) in [5.41, 5.74) is 9.45. The van der Waals surface area contributed by atoms with E-state index < -0.39 is 0 Å². The summed E-state index contributed by atoms with van der Waals surface area (Å²) < 4.78 is 0. The predicted octanol–water partition coefficient (Wildman–Crippen LogP) is 3.12. The van der Waals surface area contributed by atoms with Crippen molar-refractivity contribution < 1.29 is 0 Å². The molecule has 1 heterocycles. The fourth-order valence-electron chi connectivity index (χ4n) is 2.24. The molecule has 0 atom stereocenters. The van der Waals surface area contributed by atoms with Gasteiger partial charge in [-0.25, -0.2) is 0 Å². The van der Waals surface area contributed by atoms with Crippen LogP contribution < -0.4 is 5.73 Å². The van der Waals surface area contributed by atoms with Crippen molar-refractivity contribution >= 4 is 16.7 Å². The molecule has 0 bridgehead atoms. The summed E-state index contributed by atoms with van der Waals surface area (Å²) in [6.45, 7) is 0. The Hall–Kier alpha value is -2.55. The average Bonchev–Trinajstić information content (AvgIpc) is 2.79. The van der Waals surface area contributed by atoms with Gasteiger partial charge in [0, 0.05) is 16.5 Å². The highest BCUT2D eigenvalue weighted by molar-refractivity contribution is 6.12. The van der Waals surface area contributed by atoms with Gasteiger partial charge in [-0.1, -0.05) is 48.5 Å². The molecule has 0 amide bonds. The van der Waals surface area contributed by atoms with Crippen molar-refractivity contribution in [1.82, 2.24) is 4.98 Å². The number of aromatic nitrogens is 1. The number of rotatable bonds is 2. The van der Waals surface area contributed by atoms with E-state index in [0.29, 0.717) is 0 Å². The highest BCUT2D eigenvalue weighted by Crippen LogP contribution is 2.29. The lowest BCUT2D eigenvalue weighted by Gasteiger charge is -2.02. The van der Waals surface area contributed by atoms with E-state index >= 15 is 0 Å². The van der Waals surface area contributed by atoms with Crippen molar-refractivity contribution in [2.45, 2.75) is 0 Å². The molecule has 0 aliphatic heterocycles. The van der Waals surface area contributed by atoms with Crippen molar-refractivity contribution in [3.8, 4) is 11.3 Å². The SMILES string of the molecule is N=C(N)c1c(-c2ccccc2)[nH]c2ccccc12. The van der Waals surface area contributed by atoms with Gasteiger partial charge in [-0.15, -0.1) is 0 Å². The third-order valence-corrected chi connectivity index (χ3v) is 3.04. The number of nitrogens with two attached hydrogens (primary N) is 1. The molecule has 0 fully saturated rings. The topological polar surface area (TPSA) is 65.7 Å². The van der Waals surface area contributed by atoms with Crippen molar-refractivity contribution in [2.24, 2.45) is 5.73 Å². The number of aromatic amines is 1. The number of para-hydroxylation sites is 1. The first-order valence-electron chi connectivity index (χ1n) is 5.78. The van der Waals surface area contributed by atoms with Crippen LogP contribution in [0.3, 0.4) is 0 Å². The van der Waals surface area contributed by atoms with E-state index in [9.17, 15) is 0 Å². The number of fused-ring (bicyclic) bond motifs is 1. The van der Waals surface area contributed by atoms with Gasteiger partial charge in [0.15, 0.2) is 0 Å². The summed E-state index contributed by atoms with van der Waals surface area (Å²) in [6, 6.07) is 17.8. The molecule has 1 aromatic heterocycles. The predicted molar refractivity (Wildman–Crippen MR) is 74.8 cm³/mol. The summed E-state index contributed by atoms with van der Waals surface area (Å²) in [5.74, 6) is 0.0892. The fraction of sp³-hybridized carbons (Fsp3) is 0. The summed E-state index contributed by atoms with van der Waals surface area (Å²) in [6.07, 6.45) is 0. The molecule has 3 aromatic rings. The Labute approximate surface area is 105 Å². The zero-order valence-corrected chi connectivity index (χ0v) is 9.77. The standard InChI is InChI=1S/C15H13N3/c16-15(17)13-11-8-4-5-9-12(11)18-14(13)10-6-2-1-3-7-10/h1-9,18H,(H3,16,17). The average molecular weight is 235 g/mol. The second kappa shape index (κ2) is 4.04. The zero-order chi connectivity index (χ0) is 12.5. The molecule has 0 unspecified atom stereocenters. The Morgan fingerprint density at radius 3 is 2.33 bits per heavy atom. The Morgan fingerprint density at radius 1 is 0.944 bits per heavy atom.